The highest BCUT2D eigenvalue weighted by molar-refractivity contribution is 6.09. The van der Waals surface area contributed by atoms with Gasteiger partial charge in [0.15, 0.2) is 0 Å². The summed E-state index contributed by atoms with van der Waals surface area (Å²) in [6, 6.07) is 40.2. The second-order valence-electron chi connectivity index (χ2n) is 9.07. The third-order valence-electron chi connectivity index (χ3n) is 6.85. The summed E-state index contributed by atoms with van der Waals surface area (Å²) in [6.45, 7) is 0. The quantitative estimate of drug-likeness (QED) is 0.236. The van der Waals surface area contributed by atoms with Gasteiger partial charge in [-0.05, 0) is 60.2 Å². The van der Waals surface area contributed by atoms with Gasteiger partial charge in [0, 0.05) is 33.4 Å². The molecule has 5 aromatic carbocycles. The fourth-order valence-electron chi connectivity index (χ4n) is 4.93. The first-order chi connectivity index (χ1) is 19.6. The molecule has 1 heterocycles. The molecule has 0 saturated carbocycles. The minimum Gasteiger partial charge on any atom is -0.455 e. The molecule has 6 aromatic rings. The van der Waals surface area contributed by atoms with Crippen LogP contribution in [0.5, 0.6) is 0 Å². The van der Waals surface area contributed by atoms with Gasteiger partial charge < -0.3 is 9.32 Å². The number of fused-ring (bicyclic) bond motifs is 3. The van der Waals surface area contributed by atoms with Gasteiger partial charge >= 0.3 is 0 Å². The summed E-state index contributed by atoms with van der Waals surface area (Å²) >= 11 is 0. The number of nitriles is 4. The largest absolute Gasteiger partial charge is 0.455 e. The van der Waals surface area contributed by atoms with Crippen LogP contribution in [0.3, 0.4) is 0 Å². The van der Waals surface area contributed by atoms with E-state index < -0.39 is 0 Å². The first-order valence-electron chi connectivity index (χ1n) is 12.3. The number of benzene rings is 5. The van der Waals surface area contributed by atoms with Crippen molar-refractivity contribution >= 4 is 39.0 Å². The molecule has 1 aromatic heterocycles. The molecule has 0 N–H and O–H groups in total. The van der Waals surface area contributed by atoms with Crippen molar-refractivity contribution in [3.8, 4) is 35.4 Å². The van der Waals surface area contributed by atoms with Gasteiger partial charge in [0.2, 0.25) is 0 Å². The Bertz CT molecular complexity index is 2040. The Morgan fingerprint density at radius 2 is 1.05 bits per heavy atom. The molecule has 184 valence electrons. The summed E-state index contributed by atoms with van der Waals surface area (Å²) in [4.78, 5) is 1.88. The molecular formula is C34H17N5O. The molecular weight excluding hydrogens is 494 g/mol. The van der Waals surface area contributed by atoms with Crippen LogP contribution in [-0.4, -0.2) is 0 Å². The van der Waals surface area contributed by atoms with Crippen molar-refractivity contribution in [3.05, 3.63) is 125 Å². The van der Waals surface area contributed by atoms with Crippen LogP contribution in [-0.2, 0) is 0 Å². The third-order valence-corrected chi connectivity index (χ3v) is 6.85. The number of nitrogens with zero attached hydrogens (tertiary/aromatic N) is 5. The first kappa shape index (κ1) is 24.0. The van der Waals surface area contributed by atoms with Gasteiger partial charge in [-0.2, -0.15) is 21.0 Å². The number of rotatable bonds is 4. The first-order valence-corrected chi connectivity index (χ1v) is 12.3. The monoisotopic (exact) mass is 511 g/mol. The molecule has 0 unspecified atom stereocenters. The molecule has 0 atom stereocenters. The summed E-state index contributed by atoms with van der Waals surface area (Å²) in [6.07, 6.45) is 0. The van der Waals surface area contributed by atoms with Crippen LogP contribution in [0.1, 0.15) is 22.3 Å². The molecule has 0 bridgehead atoms. The van der Waals surface area contributed by atoms with Gasteiger partial charge in [0.05, 0.1) is 22.3 Å². The van der Waals surface area contributed by atoms with Crippen molar-refractivity contribution in [1.29, 1.82) is 21.0 Å². The maximum Gasteiger partial charge on any atom is 0.143 e. The number of hydrogen-bond donors (Lipinski definition) is 0. The van der Waals surface area contributed by atoms with E-state index in [1.807, 2.05) is 77.7 Å². The fourth-order valence-corrected chi connectivity index (χ4v) is 4.93. The van der Waals surface area contributed by atoms with E-state index in [0.29, 0.717) is 11.4 Å². The zero-order valence-corrected chi connectivity index (χ0v) is 21.0. The summed E-state index contributed by atoms with van der Waals surface area (Å²) in [7, 11) is 0. The maximum absolute atomic E-state index is 9.64. The lowest BCUT2D eigenvalue weighted by atomic mass is 10.0. The van der Waals surface area contributed by atoms with Crippen molar-refractivity contribution in [1.82, 2.24) is 0 Å². The highest BCUT2D eigenvalue weighted by Crippen LogP contribution is 2.39. The van der Waals surface area contributed by atoms with Crippen molar-refractivity contribution in [3.63, 3.8) is 0 Å². The standard InChI is InChI=1S/C34H17N5O/c35-18-23-10-14-28(16-25(23)20-37)39(29-15-11-24(19-36)26(17-29)21-38)27-12-8-22(9-13-27)30-5-3-6-32-31-4-1-2-7-33(31)40-34(30)32/h1-17H. The SMILES string of the molecule is N#Cc1ccc(N(c2ccc(-c3cccc4c3oc3ccccc34)cc2)c2ccc(C#N)c(C#N)c2)cc1C#N. The maximum atomic E-state index is 9.64. The molecule has 6 rings (SSSR count). The lowest BCUT2D eigenvalue weighted by Crippen LogP contribution is -2.11. The molecule has 0 aliphatic heterocycles. The molecule has 0 aliphatic rings. The van der Waals surface area contributed by atoms with Gasteiger partial charge in [0.1, 0.15) is 35.4 Å². The van der Waals surface area contributed by atoms with Crippen LogP contribution in [0, 0.1) is 45.3 Å². The molecule has 0 fully saturated rings. The van der Waals surface area contributed by atoms with E-state index in [1.165, 1.54) is 0 Å². The van der Waals surface area contributed by atoms with Crippen molar-refractivity contribution in [2.24, 2.45) is 0 Å². The van der Waals surface area contributed by atoms with Crippen LogP contribution in [0.2, 0.25) is 0 Å². The number of furan rings is 1. The predicted molar refractivity (Wildman–Crippen MR) is 153 cm³/mol. The summed E-state index contributed by atoms with van der Waals surface area (Å²) in [5.41, 5.74) is 6.64. The second kappa shape index (κ2) is 9.85. The lowest BCUT2D eigenvalue weighted by Gasteiger charge is -2.26. The topological polar surface area (TPSA) is 112 Å². The Morgan fingerprint density at radius 1 is 0.500 bits per heavy atom. The Morgan fingerprint density at radius 3 is 1.65 bits per heavy atom. The lowest BCUT2D eigenvalue weighted by molar-refractivity contribution is 0.670. The molecule has 6 heteroatoms. The van der Waals surface area contributed by atoms with Gasteiger partial charge in [0.25, 0.3) is 0 Å². The zero-order chi connectivity index (χ0) is 27.6. The molecule has 0 spiro atoms. The average molecular weight is 512 g/mol. The summed E-state index contributed by atoms with van der Waals surface area (Å²) < 4.78 is 6.22. The summed E-state index contributed by atoms with van der Waals surface area (Å²) in [5, 5.41) is 40.2. The Labute approximate surface area is 230 Å². The Hall–Kier alpha value is -6.34. The zero-order valence-electron chi connectivity index (χ0n) is 21.0. The normalized spacial score (nSPS) is 10.4. The number of anilines is 3. The van der Waals surface area contributed by atoms with E-state index in [0.717, 1.165) is 38.8 Å². The van der Waals surface area contributed by atoms with E-state index in [4.69, 9.17) is 4.42 Å². The molecule has 0 radical (unpaired) electrons. The Kier molecular flexibility index (Phi) is 5.91. The van der Waals surface area contributed by atoms with Crippen LogP contribution >= 0.6 is 0 Å². The highest BCUT2D eigenvalue weighted by Gasteiger charge is 2.18. The molecule has 0 aliphatic carbocycles. The van der Waals surface area contributed by atoms with Gasteiger partial charge in [-0.15, -0.1) is 0 Å². The van der Waals surface area contributed by atoms with Crippen molar-refractivity contribution in [2.45, 2.75) is 0 Å². The minimum absolute atomic E-state index is 0.243. The number of para-hydroxylation sites is 2. The van der Waals surface area contributed by atoms with Crippen LogP contribution in [0.4, 0.5) is 17.1 Å². The highest BCUT2D eigenvalue weighted by atomic mass is 16.3. The fraction of sp³-hybridized carbons (Fsp3) is 0. The summed E-state index contributed by atoms with van der Waals surface area (Å²) in [5.74, 6) is 0. The molecule has 0 saturated heterocycles. The molecule has 40 heavy (non-hydrogen) atoms. The number of hydrogen-bond acceptors (Lipinski definition) is 6. The van der Waals surface area contributed by atoms with Gasteiger partial charge in [-0.1, -0.05) is 48.5 Å². The second-order valence-corrected chi connectivity index (χ2v) is 9.07. The van der Waals surface area contributed by atoms with E-state index in [2.05, 4.69) is 18.2 Å². The minimum atomic E-state index is 0.243. The van der Waals surface area contributed by atoms with Crippen LogP contribution in [0.25, 0.3) is 33.1 Å². The van der Waals surface area contributed by atoms with Crippen LogP contribution < -0.4 is 4.90 Å². The van der Waals surface area contributed by atoms with Gasteiger partial charge in [-0.3, -0.25) is 0 Å². The predicted octanol–water partition coefficient (Wildman–Crippen LogP) is 8.21. The van der Waals surface area contributed by atoms with Gasteiger partial charge in [-0.25, -0.2) is 0 Å². The average Bonchev–Trinajstić information content (AvgIpc) is 3.40. The van der Waals surface area contributed by atoms with E-state index in [1.54, 1.807) is 36.4 Å². The third kappa shape index (κ3) is 3.96. The van der Waals surface area contributed by atoms with E-state index >= 15 is 0 Å². The molecule has 0 amide bonds. The van der Waals surface area contributed by atoms with E-state index in [9.17, 15) is 21.0 Å². The smallest absolute Gasteiger partial charge is 0.143 e. The van der Waals surface area contributed by atoms with Crippen LogP contribution in [0.15, 0.2) is 108 Å². The van der Waals surface area contributed by atoms with E-state index in [-0.39, 0.29) is 22.3 Å². The van der Waals surface area contributed by atoms with Crippen molar-refractivity contribution < 1.29 is 4.42 Å². The molecule has 6 nitrogen and oxygen atoms in total. The van der Waals surface area contributed by atoms with Crippen molar-refractivity contribution in [2.75, 3.05) is 4.90 Å². The Balaban J connectivity index is 1.50.